The molecule has 0 saturated carbocycles. The van der Waals surface area contributed by atoms with Crippen molar-refractivity contribution < 1.29 is 17.8 Å². The minimum absolute atomic E-state index is 0.0391. The molecule has 1 aromatic rings. The Morgan fingerprint density at radius 3 is 3.00 bits per heavy atom. The summed E-state index contributed by atoms with van der Waals surface area (Å²) < 4.78 is 47.7. The van der Waals surface area contributed by atoms with Gasteiger partial charge < -0.3 is 9.52 Å². The van der Waals surface area contributed by atoms with E-state index < -0.39 is 22.4 Å². The number of nitrogens with one attached hydrogen (secondary N) is 2. The minimum Gasteiger partial charge on any atom is -0.453 e. The molecule has 0 aromatic carbocycles. The van der Waals surface area contributed by atoms with E-state index in [0.717, 1.165) is 19.3 Å². The summed E-state index contributed by atoms with van der Waals surface area (Å²) >= 11 is 0. The number of rotatable bonds is 3. The van der Waals surface area contributed by atoms with Crippen molar-refractivity contribution in [3.8, 4) is 0 Å². The fourth-order valence-corrected chi connectivity index (χ4v) is 1.50. The molecule has 0 spiro atoms. The Morgan fingerprint density at radius 2 is 2.50 bits per heavy atom. The molecular weight excluding hydrogens is 204 g/mol. The summed E-state index contributed by atoms with van der Waals surface area (Å²) in [4.78, 5) is 0. The van der Waals surface area contributed by atoms with Gasteiger partial charge in [0.25, 0.3) is 0 Å². The van der Waals surface area contributed by atoms with Crippen LogP contribution in [-0.4, -0.2) is 16.4 Å². The summed E-state index contributed by atoms with van der Waals surface area (Å²) in [6.07, 6.45) is 0.993. The van der Waals surface area contributed by atoms with Gasteiger partial charge in [0.1, 0.15) is 0 Å². The van der Waals surface area contributed by atoms with Gasteiger partial charge in [0.2, 0.25) is 5.09 Å². The first-order valence-electron chi connectivity index (χ1n) is 5.31. The van der Waals surface area contributed by atoms with Gasteiger partial charge in [0, 0.05) is 15.7 Å². The van der Waals surface area contributed by atoms with Crippen molar-refractivity contribution >= 4 is 9.92 Å². The lowest BCUT2D eigenvalue weighted by Crippen LogP contribution is -2.17. The molecule has 1 heterocycles. The third kappa shape index (κ3) is 2.14. The predicted octanol–water partition coefficient (Wildman–Crippen LogP) is 1.05. The molecule has 0 saturated heterocycles. The molecule has 0 aliphatic carbocycles. The average Bonchev–Trinajstić information content (AvgIpc) is 2.65. The molecule has 0 aliphatic heterocycles. The first kappa shape index (κ1) is 7.44. The number of hydrogen-bond donors (Lipinski definition) is 3. The molecule has 2 atom stereocenters. The van der Waals surface area contributed by atoms with E-state index in [1.165, 1.54) is 7.05 Å². The minimum atomic E-state index is -3.29. The van der Waals surface area contributed by atoms with Gasteiger partial charge in [0.05, 0.1) is 11.9 Å². The van der Waals surface area contributed by atoms with E-state index in [-0.39, 0.29) is 10.7 Å². The van der Waals surface area contributed by atoms with E-state index >= 15 is 0 Å². The molecule has 0 bridgehead atoms. The lowest BCUT2D eigenvalue weighted by atomic mass is 10.0. The van der Waals surface area contributed by atoms with E-state index in [1.807, 2.05) is 0 Å². The summed E-state index contributed by atoms with van der Waals surface area (Å²) in [5.41, 5.74) is -2.15. The number of hydrogen-bond acceptors (Lipinski definition) is 4. The Bertz CT molecular complexity index is 504. The van der Waals surface area contributed by atoms with E-state index in [1.54, 1.807) is 0 Å². The highest BCUT2D eigenvalue weighted by Gasteiger charge is 2.21. The van der Waals surface area contributed by atoms with E-state index in [0.29, 0.717) is 0 Å². The van der Waals surface area contributed by atoms with Crippen LogP contribution in [0, 0.1) is 4.78 Å². The maximum atomic E-state index is 11.6. The van der Waals surface area contributed by atoms with Crippen molar-refractivity contribution in [1.82, 2.24) is 4.72 Å². The van der Waals surface area contributed by atoms with Crippen LogP contribution in [0.4, 0.5) is 0 Å². The Morgan fingerprint density at radius 1 is 1.86 bits per heavy atom. The van der Waals surface area contributed by atoms with Gasteiger partial charge in [-0.3, -0.25) is 0 Å². The maximum absolute atomic E-state index is 11.6. The van der Waals surface area contributed by atoms with Crippen molar-refractivity contribution in [2.45, 2.75) is 24.5 Å². The van der Waals surface area contributed by atoms with Gasteiger partial charge in [-0.05, 0) is 20.8 Å². The van der Waals surface area contributed by atoms with Gasteiger partial charge in [0.15, 0.2) is 9.92 Å². The van der Waals surface area contributed by atoms with Crippen LogP contribution in [-0.2, 0) is 15.5 Å². The van der Waals surface area contributed by atoms with Crippen LogP contribution in [0.25, 0.3) is 0 Å². The van der Waals surface area contributed by atoms with Gasteiger partial charge in [-0.25, -0.2) is 13.7 Å². The fourth-order valence-electron chi connectivity index (χ4n) is 0.823. The van der Waals surface area contributed by atoms with Crippen LogP contribution >= 0.6 is 0 Å². The van der Waals surface area contributed by atoms with E-state index in [2.05, 4.69) is 4.72 Å². The third-order valence-corrected chi connectivity index (χ3v) is 3.06. The highest BCUT2D eigenvalue weighted by atomic mass is 32.2. The summed E-state index contributed by atoms with van der Waals surface area (Å²) in [5.74, 6) is 0. The second-order valence-corrected chi connectivity index (χ2v) is 4.91. The highest BCUT2D eigenvalue weighted by Crippen LogP contribution is 2.24. The molecule has 6 heteroatoms. The largest absolute Gasteiger partial charge is 0.453 e. The lowest BCUT2D eigenvalue weighted by Gasteiger charge is -2.13. The SMILES string of the molecule is [2H]C([2H])([2H])C(C)(O)c1coc(S(=N)(=O)NC)c1. The second kappa shape index (κ2) is 3.38. The topological polar surface area (TPSA) is 86.3 Å². The smallest absolute Gasteiger partial charge is 0.213 e. The zero-order chi connectivity index (χ0) is 13.5. The van der Waals surface area contributed by atoms with Gasteiger partial charge in [-0.2, -0.15) is 0 Å². The monoisotopic (exact) mass is 221 g/mol. The Hall–Kier alpha value is -0.850. The van der Waals surface area contributed by atoms with Gasteiger partial charge >= 0.3 is 0 Å². The Labute approximate surface area is 87.4 Å². The molecule has 14 heavy (non-hydrogen) atoms. The first-order valence-corrected chi connectivity index (χ1v) is 5.37. The zero-order valence-electron chi connectivity index (χ0n) is 10.8. The molecule has 1 aromatic heterocycles. The van der Waals surface area contributed by atoms with Crippen LogP contribution in [0.5, 0.6) is 0 Å². The van der Waals surface area contributed by atoms with Crippen molar-refractivity contribution in [3.63, 3.8) is 0 Å². The fraction of sp³-hybridized carbons (Fsp3) is 0.500. The predicted molar refractivity (Wildman–Crippen MR) is 52.1 cm³/mol. The summed E-state index contributed by atoms with van der Waals surface area (Å²) in [6.45, 7) is -1.53. The van der Waals surface area contributed by atoms with Crippen molar-refractivity contribution in [1.29, 1.82) is 4.78 Å². The van der Waals surface area contributed by atoms with Crippen LogP contribution in [0.15, 0.2) is 21.8 Å². The van der Waals surface area contributed by atoms with Crippen molar-refractivity contribution in [2.75, 3.05) is 7.05 Å². The molecule has 2 unspecified atom stereocenters. The Balaban J connectivity index is 3.22. The molecule has 1 rings (SSSR count). The molecule has 3 N–H and O–H groups in total. The molecule has 0 aliphatic rings. The highest BCUT2D eigenvalue weighted by molar-refractivity contribution is 7.90. The second-order valence-electron chi connectivity index (χ2n) is 2.99. The summed E-state index contributed by atoms with van der Waals surface area (Å²) in [6, 6.07) is 1.11. The van der Waals surface area contributed by atoms with Gasteiger partial charge in [-0.15, -0.1) is 0 Å². The molecule has 0 fully saturated rings. The average molecular weight is 221 g/mol. The maximum Gasteiger partial charge on any atom is 0.213 e. The van der Waals surface area contributed by atoms with Crippen LogP contribution in [0.1, 0.15) is 23.5 Å². The summed E-state index contributed by atoms with van der Waals surface area (Å²) in [5, 5.41) is 9.65. The van der Waals surface area contributed by atoms with Crippen LogP contribution in [0.2, 0.25) is 0 Å². The van der Waals surface area contributed by atoms with E-state index in [9.17, 15) is 9.32 Å². The molecule has 0 radical (unpaired) electrons. The van der Waals surface area contributed by atoms with Crippen molar-refractivity contribution in [2.24, 2.45) is 0 Å². The molecule has 5 nitrogen and oxygen atoms in total. The quantitative estimate of drug-likeness (QED) is 0.713. The normalized spacial score (nSPS) is 24.1. The third-order valence-electron chi connectivity index (χ3n) is 1.71. The van der Waals surface area contributed by atoms with Gasteiger partial charge in [-0.1, -0.05) is 0 Å². The number of aliphatic hydroxyl groups is 1. The molecular formula is C8H14N2O3S. The standard InChI is InChI=1S/C8H14N2O3S/c1-8(2,11)6-4-7(13-5-6)14(9,12)10-3/h4-5,11H,1-3H3,(H2,9,10,12)/i1D3. The molecule has 0 amide bonds. The molecule has 80 valence electrons. The van der Waals surface area contributed by atoms with Crippen molar-refractivity contribution in [3.05, 3.63) is 17.9 Å². The summed E-state index contributed by atoms with van der Waals surface area (Å²) in [7, 11) is -1.98. The van der Waals surface area contributed by atoms with Crippen LogP contribution < -0.4 is 4.72 Å². The zero-order valence-corrected chi connectivity index (χ0v) is 8.64. The van der Waals surface area contributed by atoms with Crippen LogP contribution in [0.3, 0.4) is 0 Å². The number of furan rings is 1. The first-order chi connectivity index (χ1) is 7.52. The van der Waals surface area contributed by atoms with E-state index in [4.69, 9.17) is 13.3 Å². The lowest BCUT2D eigenvalue weighted by molar-refractivity contribution is 0.0779. The Kier molecular flexibility index (Phi) is 1.80.